The molecule has 0 saturated carbocycles. The molecule has 3 aromatic rings. The summed E-state index contributed by atoms with van der Waals surface area (Å²) in [5, 5.41) is 4.19. The number of hydrazone groups is 1. The van der Waals surface area contributed by atoms with Gasteiger partial charge in [-0.05, 0) is 72.4 Å². The lowest BCUT2D eigenvalue weighted by Gasteiger charge is -2.10. The molecular weight excluding hydrogens is 458 g/mol. The summed E-state index contributed by atoms with van der Waals surface area (Å²) in [7, 11) is 0. The first-order valence-corrected chi connectivity index (χ1v) is 11.7. The zero-order valence-electron chi connectivity index (χ0n) is 17.7. The van der Waals surface area contributed by atoms with Gasteiger partial charge >= 0.3 is 0 Å². The van der Waals surface area contributed by atoms with Crippen molar-refractivity contribution in [3.8, 4) is 5.69 Å². The first-order valence-electron chi connectivity index (χ1n) is 9.77. The van der Waals surface area contributed by atoms with Crippen LogP contribution in [-0.2, 0) is 10.5 Å². The van der Waals surface area contributed by atoms with Gasteiger partial charge in [0.1, 0.15) is 0 Å². The van der Waals surface area contributed by atoms with E-state index >= 15 is 0 Å². The summed E-state index contributed by atoms with van der Waals surface area (Å²) in [6, 6.07) is 16.6. The fourth-order valence-corrected chi connectivity index (χ4v) is 4.82. The molecule has 0 spiro atoms. The standard InChI is InChI=1S/C24H26BrN3OS/c1-16-8-7-11-21(12-16)28-18(3)22(24(25)19(28)4)13-26-27-23(29)15-30-14-20-10-6-5-9-17(20)2/h5-13H,14-15H2,1-4H3,(H,27,29)/b26-13-. The molecule has 0 fully saturated rings. The number of aromatic nitrogens is 1. The molecule has 0 aliphatic rings. The Morgan fingerprint density at radius 2 is 1.87 bits per heavy atom. The zero-order chi connectivity index (χ0) is 21.7. The third-order valence-electron chi connectivity index (χ3n) is 5.01. The molecule has 0 bridgehead atoms. The van der Waals surface area contributed by atoms with Gasteiger partial charge in [0.15, 0.2) is 0 Å². The predicted molar refractivity (Wildman–Crippen MR) is 131 cm³/mol. The summed E-state index contributed by atoms with van der Waals surface area (Å²) in [6.07, 6.45) is 1.71. The number of benzene rings is 2. The number of hydrogen-bond donors (Lipinski definition) is 1. The van der Waals surface area contributed by atoms with Crippen LogP contribution in [0.15, 0.2) is 58.1 Å². The van der Waals surface area contributed by atoms with Crippen molar-refractivity contribution in [2.75, 3.05) is 5.75 Å². The number of halogens is 1. The summed E-state index contributed by atoms with van der Waals surface area (Å²) in [5.41, 5.74) is 10.6. The van der Waals surface area contributed by atoms with Crippen LogP contribution in [0.3, 0.4) is 0 Å². The molecule has 1 amide bonds. The van der Waals surface area contributed by atoms with Crippen molar-refractivity contribution in [1.82, 2.24) is 9.99 Å². The van der Waals surface area contributed by atoms with Crippen molar-refractivity contribution in [3.63, 3.8) is 0 Å². The quantitative estimate of drug-likeness (QED) is 0.338. The van der Waals surface area contributed by atoms with Crippen LogP contribution >= 0.6 is 27.7 Å². The van der Waals surface area contributed by atoms with Crippen molar-refractivity contribution in [2.24, 2.45) is 5.10 Å². The number of amides is 1. The van der Waals surface area contributed by atoms with Crippen LogP contribution in [-0.4, -0.2) is 22.4 Å². The highest BCUT2D eigenvalue weighted by molar-refractivity contribution is 9.10. The zero-order valence-corrected chi connectivity index (χ0v) is 20.1. The fraction of sp³-hybridized carbons (Fsp3) is 0.250. The van der Waals surface area contributed by atoms with Crippen molar-refractivity contribution in [3.05, 3.63) is 86.6 Å². The highest BCUT2D eigenvalue weighted by atomic mass is 79.9. The van der Waals surface area contributed by atoms with Crippen LogP contribution in [0.1, 0.15) is 33.6 Å². The van der Waals surface area contributed by atoms with E-state index in [4.69, 9.17) is 0 Å². The Labute approximate surface area is 190 Å². The Kier molecular flexibility index (Phi) is 7.56. The van der Waals surface area contributed by atoms with Gasteiger partial charge in [0.05, 0.1) is 12.0 Å². The Hall–Kier alpha value is -2.31. The molecule has 1 N–H and O–H groups in total. The van der Waals surface area contributed by atoms with Crippen molar-refractivity contribution in [2.45, 2.75) is 33.4 Å². The molecule has 0 atom stereocenters. The Morgan fingerprint density at radius 3 is 2.60 bits per heavy atom. The molecule has 0 unspecified atom stereocenters. The van der Waals surface area contributed by atoms with Gasteiger partial charge in [-0.25, -0.2) is 5.43 Å². The lowest BCUT2D eigenvalue weighted by atomic mass is 10.1. The van der Waals surface area contributed by atoms with Crippen LogP contribution in [0.2, 0.25) is 0 Å². The normalized spacial score (nSPS) is 11.2. The summed E-state index contributed by atoms with van der Waals surface area (Å²) in [6.45, 7) is 8.30. The summed E-state index contributed by atoms with van der Waals surface area (Å²) in [4.78, 5) is 12.1. The van der Waals surface area contributed by atoms with Gasteiger partial charge < -0.3 is 4.57 Å². The molecule has 1 heterocycles. The lowest BCUT2D eigenvalue weighted by molar-refractivity contribution is -0.118. The van der Waals surface area contributed by atoms with Gasteiger partial charge in [-0.3, -0.25) is 4.79 Å². The SMILES string of the molecule is Cc1cccc(-n2c(C)c(Br)c(/C=N\NC(=O)CSCc3ccccc3C)c2C)c1. The molecule has 0 aliphatic heterocycles. The van der Waals surface area contributed by atoms with Gasteiger partial charge in [-0.1, -0.05) is 36.4 Å². The highest BCUT2D eigenvalue weighted by Crippen LogP contribution is 2.29. The van der Waals surface area contributed by atoms with E-state index in [1.807, 2.05) is 12.1 Å². The Morgan fingerprint density at radius 1 is 1.10 bits per heavy atom. The third kappa shape index (κ3) is 5.24. The number of nitrogens with zero attached hydrogens (tertiary/aromatic N) is 2. The number of thioether (sulfide) groups is 1. The largest absolute Gasteiger partial charge is 0.317 e. The van der Waals surface area contributed by atoms with Crippen LogP contribution in [0, 0.1) is 27.7 Å². The van der Waals surface area contributed by atoms with E-state index in [0.717, 1.165) is 32.9 Å². The molecule has 0 aliphatic carbocycles. The monoisotopic (exact) mass is 483 g/mol. The topological polar surface area (TPSA) is 46.4 Å². The van der Waals surface area contributed by atoms with E-state index in [2.05, 4.69) is 95.1 Å². The van der Waals surface area contributed by atoms with E-state index in [9.17, 15) is 4.79 Å². The third-order valence-corrected chi connectivity index (χ3v) is 6.99. The summed E-state index contributed by atoms with van der Waals surface area (Å²) >= 11 is 5.27. The van der Waals surface area contributed by atoms with Gasteiger partial charge in [0, 0.05) is 32.9 Å². The fourth-order valence-electron chi connectivity index (χ4n) is 3.36. The highest BCUT2D eigenvalue weighted by Gasteiger charge is 2.15. The minimum Gasteiger partial charge on any atom is -0.317 e. The van der Waals surface area contributed by atoms with Crippen LogP contribution in [0.4, 0.5) is 0 Å². The second kappa shape index (κ2) is 10.1. The average Bonchev–Trinajstić information content (AvgIpc) is 2.92. The maximum Gasteiger partial charge on any atom is 0.250 e. The van der Waals surface area contributed by atoms with Gasteiger partial charge in [0.2, 0.25) is 5.91 Å². The summed E-state index contributed by atoms with van der Waals surface area (Å²) < 4.78 is 3.17. The number of aryl methyl sites for hydroxylation is 2. The maximum absolute atomic E-state index is 12.1. The second-order valence-corrected chi connectivity index (χ2v) is 9.06. The van der Waals surface area contributed by atoms with E-state index in [0.29, 0.717) is 5.75 Å². The van der Waals surface area contributed by atoms with Crippen LogP contribution in [0.25, 0.3) is 5.69 Å². The molecule has 6 heteroatoms. The van der Waals surface area contributed by atoms with Gasteiger partial charge in [-0.2, -0.15) is 5.10 Å². The number of carbonyl (C=O) groups is 1. The molecule has 0 saturated heterocycles. The average molecular weight is 484 g/mol. The minimum atomic E-state index is -0.103. The molecule has 4 nitrogen and oxygen atoms in total. The number of carbonyl (C=O) groups excluding carboxylic acids is 1. The second-order valence-electron chi connectivity index (χ2n) is 7.29. The van der Waals surface area contributed by atoms with E-state index in [1.54, 1.807) is 18.0 Å². The van der Waals surface area contributed by atoms with Crippen molar-refractivity contribution in [1.29, 1.82) is 0 Å². The first-order chi connectivity index (χ1) is 14.4. The van der Waals surface area contributed by atoms with E-state index < -0.39 is 0 Å². The van der Waals surface area contributed by atoms with Crippen LogP contribution in [0.5, 0.6) is 0 Å². The lowest BCUT2D eigenvalue weighted by Crippen LogP contribution is -2.19. The van der Waals surface area contributed by atoms with Crippen molar-refractivity contribution >= 4 is 39.8 Å². The Balaban J connectivity index is 1.63. The number of hydrogen-bond acceptors (Lipinski definition) is 3. The van der Waals surface area contributed by atoms with E-state index in [1.165, 1.54) is 16.7 Å². The molecule has 1 aromatic heterocycles. The molecule has 30 heavy (non-hydrogen) atoms. The molecule has 156 valence electrons. The van der Waals surface area contributed by atoms with E-state index in [-0.39, 0.29) is 5.91 Å². The van der Waals surface area contributed by atoms with Crippen molar-refractivity contribution < 1.29 is 4.79 Å². The maximum atomic E-state index is 12.1. The molecule has 3 rings (SSSR count). The van der Waals surface area contributed by atoms with Gasteiger partial charge in [0.25, 0.3) is 0 Å². The molecule has 2 aromatic carbocycles. The minimum absolute atomic E-state index is 0.103. The molecular formula is C24H26BrN3OS. The van der Waals surface area contributed by atoms with Gasteiger partial charge in [-0.15, -0.1) is 11.8 Å². The van der Waals surface area contributed by atoms with Crippen LogP contribution < -0.4 is 5.43 Å². The predicted octanol–water partition coefficient (Wildman–Crippen LogP) is 5.86. The number of nitrogens with one attached hydrogen (secondary N) is 1. The smallest absolute Gasteiger partial charge is 0.250 e. The first kappa shape index (κ1) is 22.4. The summed E-state index contributed by atoms with van der Waals surface area (Å²) in [5.74, 6) is 1.08. The number of rotatable bonds is 7. The Bertz CT molecular complexity index is 1090. The molecule has 0 radical (unpaired) electrons.